The molecule has 0 fully saturated rings. The first kappa shape index (κ1) is 18.5. The Morgan fingerprint density at radius 1 is 0.700 bits per heavy atom. The monoisotopic (exact) mass is 314 g/mol. The summed E-state index contributed by atoms with van der Waals surface area (Å²) in [6.07, 6.45) is -1.67. The van der Waals surface area contributed by atoms with Crippen LogP contribution in [0, 0.1) is 0 Å². The number of carbonyl (C=O) groups is 3. The van der Waals surface area contributed by atoms with Crippen molar-refractivity contribution in [2.45, 2.75) is 19.3 Å². The van der Waals surface area contributed by atoms with Crippen molar-refractivity contribution < 1.29 is 47.8 Å². The molecule has 0 saturated heterocycles. The van der Waals surface area contributed by atoms with E-state index < -0.39 is 64.8 Å². The Balaban J connectivity index is 4.83. The van der Waals surface area contributed by atoms with Crippen molar-refractivity contribution in [3.8, 4) is 0 Å². The van der Waals surface area contributed by atoms with Crippen LogP contribution in [0.4, 0.5) is 0 Å². The smallest absolute Gasteiger partial charge is 0.396 e. The third-order valence-electron chi connectivity index (χ3n) is 1.59. The highest BCUT2D eigenvalue weighted by Gasteiger charge is 2.38. The van der Waals surface area contributed by atoms with Crippen LogP contribution in [0.25, 0.3) is 0 Å². The molecular formula is C9H15O10P. The lowest BCUT2D eigenvalue weighted by Crippen LogP contribution is -2.15. The number of carbonyl (C=O) groups excluding carboxylic acids is 3. The number of hydrogen-bond donors (Lipinski definition) is 3. The molecule has 20 heavy (non-hydrogen) atoms. The van der Waals surface area contributed by atoms with Crippen LogP contribution in [0.1, 0.15) is 19.3 Å². The first-order valence-corrected chi connectivity index (χ1v) is 6.92. The quantitative estimate of drug-likeness (QED) is 0.445. The van der Waals surface area contributed by atoms with Gasteiger partial charge in [0.2, 0.25) is 0 Å². The minimum atomic E-state index is -4.86. The van der Waals surface area contributed by atoms with Crippen molar-refractivity contribution in [2.24, 2.45) is 0 Å². The van der Waals surface area contributed by atoms with E-state index in [1.807, 2.05) is 0 Å². The lowest BCUT2D eigenvalue weighted by Gasteiger charge is -2.15. The highest BCUT2D eigenvalue weighted by molar-refractivity contribution is 7.50. The third-order valence-corrected chi connectivity index (χ3v) is 2.87. The Hall–Kier alpha value is -1.48. The van der Waals surface area contributed by atoms with Crippen molar-refractivity contribution in [1.82, 2.24) is 0 Å². The molecule has 0 aromatic heterocycles. The first-order chi connectivity index (χ1) is 9.36. The summed E-state index contributed by atoms with van der Waals surface area (Å²) in [5.41, 5.74) is 0. The van der Waals surface area contributed by atoms with E-state index in [4.69, 9.17) is 15.3 Å². The molecule has 0 spiro atoms. The maximum atomic E-state index is 11.9. The lowest BCUT2D eigenvalue weighted by atomic mass is 10.5. The van der Waals surface area contributed by atoms with Crippen LogP contribution in [0.3, 0.4) is 0 Å². The molecule has 0 heterocycles. The predicted molar refractivity (Wildman–Crippen MR) is 61.0 cm³/mol. The molecule has 0 aliphatic rings. The van der Waals surface area contributed by atoms with Crippen LogP contribution in [-0.4, -0.2) is 53.0 Å². The molecule has 0 bridgehead atoms. The third kappa shape index (κ3) is 7.85. The van der Waals surface area contributed by atoms with Gasteiger partial charge in [-0.2, -0.15) is 4.57 Å². The average Bonchev–Trinajstić information content (AvgIpc) is 2.28. The van der Waals surface area contributed by atoms with Crippen molar-refractivity contribution in [1.29, 1.82) is 0 Å². The van der Waals surface area contributed by atoms with Crippen molar-refractivity contribution in [3.63, 3.8) is 0 Å². The number of phosphoric ester groups is 1. The molecule has 3 N–H and O–H groups in total. The van der Waals surface area contributed by atoms with E-state index in [9.17, 15) is 18.9 Å². The summed E-state index contributed by atoms with van der Waals surface area (Å²) in [6, 6.07) is 0. The van der Waals surface area contributed by atoms with Crippen LogP contribution in [-0.2, 0) is 32.5 Å². The Bertz CT molecular complexity index is 335. The summed E-state index contributed by atoms with van der Waals surface area (Å²) < 4.78 is 24.6. The van der Waals surface area contributed by atoms with Gasteiger partial charge in [-0.25, -0.2) is 0 Å². The van der Waals surface area contributed by atoms with E-state index >= 15 is 0 Å². The number of aliphatic hydroxyl groups is 3. The molecule has 0 rings (SSSR count). The summed E-state index contributed by atoms with van der Waals surface area (Å²) in [5.74, 6) is -3.65. The molecule has 0 atom stereocenters. The number of aliphatic hydroxyl groups excluding tert-OH is 3. The summed E-state index contributed by atoms with van der Waals surface area (Å²) >= 11 is 0. The van der Waals surface area contributed by atoms with E-state index in [-0.39, 0.29) is 0 Å². The molecule has 0 aromatic rings. The molecule has 0 saturated carbocycles. The zero-order valence-corrected chi connectivity index (χ0v) is 11.3. The fourth-order valence-electron chi connectivity index (χ4n) is 0.841. The van der Waals surface area contributed by atoms with Crippen LogP contribution in [0.2, 0.25) is 0 Å². The van der Waals surface area contributed by atoms with E-state index in [0.29, 0.717) is 0 Å². The van der Waals surface area contributed by atoms with E-state index in [2.05, 4.69) is 13.6 Å². The summed E-state index contributed by atoms with van der Waals surface area (Å²) in [7, 11) is -4.86. The fraction of sp³-hybridized carbons (Fsp3) is 0.667. The molecular weight excluding hydrogens is 299 g/mol. The maximum absolute atomic E-state index is 11.9. The Morgan fingerprint density at radius 2 is 0.950 bits per heavy atom. The maximum Gasteiger partial charge on any atom is 0.653 e. The largest absolute Gasteiger partial charge is 0.653 e. The molecule has 11 heteroatoms. The summed E-state index contributed by atoms with van der Waals surface area (Å²) in [5, 5.41) is 25.5. The van der Waals surface area contributed by atoms with Gasteiger partial charge >= 0.3 is 25.7 Å². The minimum absolute atomic E-state index is 0.556. The molecule has 0 radical (unpaired) electrons. The van der Waals surface area contributed by atoms with Gasteiger partial charge in [-0.3, -0.25) is 14.4 Å². The second-order valence-electron chi connectivity index (χ2n) is 3.26. The molecule has 10 nitrogen and oxygen atoms in total. The second-order valence-corrected chi connectivity index (χ2v) is 4.70. The van der Waals surface area contributed by atoms with Crippen molar-refractivity contribution >= 4 is 25.7 Å². The molecule has 0 aliphatic heterocycles. The normalized spacial score (nSPS) is 10.8. The standard InChI is InChI=1S/C9H15O10P/c10-4-1-7(13)17-20(16,18-8(14)2-5-11)19-9(15)3-6-12/h10-12H,1-6H2. The van der Waals surface area contributed by atoms with Gasteiger partial charge in [-0.1, -0.05) is 0 Å². The minimum Gasteiger partial charge on any atom is -0.396 e. The molecule has 0 amide bonds. The Labute approximate surface area is 113 Å². The van der Waals surface area contributed by atoms with Crippen LogP contribution in [0.5, 0.6) is 0 Å². The van der Waals surface area contributed by atoms with Gasteiger partial charge in [0.05, 0.1) is 39.1 Å². The Morgan fingerprint density at radius 3 is 1.15 bits per heavy atom. The van der Waals surface area contributed by atoms with E-state index in [1.165, 1.54) is 0 Å². The number of rotatable bonds is 9. The average molecular weight is 314 g/mol. The van der Waals surface area contributed by atoms with Crippen LogP contribution >= 0.6 is 7.82 Å². The Kier molecular flexibility index (Phi) is 8.73. The van der Waals surface area contributed by atoms with Crippen LogP contribution < -0.4 is 0 Å². The number of hydrogen-bond acceptors (Lipinski definition) is 10. The van der Waals surface area contributed by atoms with Gasteiger partial charge in [0.25, 0.3) is 0 Å². The molecule has 0 unspecified atom stereocenters. The number of phosphoric acid groups is 1. The SMILES string of the molecule is O=C(CCO)OP(=O)(OC(=O)CCO)OC(=O)CCO. The van der Waals surface area contributed by atoms with Gasteiger partial charge in [0.15, 0.2) is 0 Å². The van der Waals surface area contributed by atoms with E-state index in [0.717, 1.165) is 0 Å². The highest BCUT2D eigenvalue weighted by atomic mass is 31.2. The fourth-order valence-corrected chi connectivity index (χ4v) is 1.97. The molecule has 0 aromatic carbocycles. The van der Waals surface area contributed by atoms with Gasteiger partial charge < -0.3 is 28.9 Å². The molecule has 116 valence electrons. The van der Waals surface area contributed by atoms with E-state index in [1.54, 1.807) is 0 Å². The highest BCUT2D eigenvalue weighted by Crippen LogP contribution is 2.50. The zero-order chi connectivity index (χ0) is 15.6. The predicted octanol–water partition coefficient (Wildman–Crippen LogP) is -1.13. The topological polar surface area (TPSA) is 157 Å². The van der Waals surface area contributed by atoms with Crippen molar-refractivity contribution in [3.05, 3.63) is 0 Å². The zero-order valence-electron chi connectivity index (χ0n) is 10.4. The summed E-state index contributed by atoms with van der Waals surface area (Å²) in [6.45, 7) is -1.85. The van der Waals surface area contributed by atoms with Crippen LogP contribution in [0.15, 0.2) is 0 Å². The first-order valence-electron chi connectivity index (χ1n) is 5.46. The molecule has 0 aliphatic carbocycles. The van der Waals surface area contributed by atoms with Gasteiger partial charge in [0, 0.05) is 0 Å². The van der Waals surface area contributed by atoms with Gasteiger partial charge in [-0.15, -0.1) is 0 Å². The lowest BCUT2D eigenvalue weighted by molar-refractivity contribution is -0.145. The van der Waals surface area contributed by atoms with Crippen molar-refractivity contribution in [2.75, 3.05) is 19.8 Å². The van der Waals surface area contributed by atoms with Gasteiger partial charge in [0.1, 0.15) is 0 Å². The van der Waals surface area contributed by atoms with Gasteiger partial charge in [-0.05, 0) is 0 Å². The summed E-state index contributed by atoms with van der Waals surface area (Å²) in [4.78, 5) is 33.3. The second kappa shape index (κ2) is 9.43.